The summed E-state index contributed by atoms with van der Waals surface area (Å²) in [6.45, 7) is 15.8. The van der Waals surface area contributed by atoms with Crippen LogP contribution in [0.2, 0.25) is 15.1 Å². The van der Waals surface area contributed by atoms with Gasteiger partial charge in [0.15, 0.2) is 29.4 Å². The van der Waals surface area contributed by atoms with Gasteiger partial charge in [-0.3, -0.25) is 4.79 Å². The standard InChI is InChI=1S/C23H13ClN4O.C23H13ClN4S.C23H14N4O.C23H14N4S.C22H11ClN4OS/c2*1-13-5-6-16-8-18(17-9-19(24)22-20(10-17)29-12-26-22)21(28-23(16)27-13)15-4-2-3-14(7-15)11-25;2*1-14-5-6-18-10-19(16-7-8-20-21(11-16)28-13-25-20)22(27-23(18)26-14)17-4-2-3-15(9-17)12-24;23-17-7-14(8-19-21(17)26-11-29-19)15-9-16-18(28)4-5-25-22(16)27-20(15)13-3-1-2-12(6-13)10-24/h2*2-10,12H,1H2,(H,27,28);2*2-11,13H,1H2,(H,26,27);1-9,11H,(H,25,27,28). The van der Waals surface area contributed by atoms with E-state index in [9.17, 15) is 31.1 Å². The van der Waals surface area contributed by atoms with Crippen LogP contribution in [0.5, 0.6) is 0 Å². The average Bonchev–Trinajstić information content (AvgIpc) is 1.14. The number of halogens is 3. The molecule has 21 aromatic rings. The van der Waals surface area contributed by atoms with Crippen LogP contribution in [0.15, 0.2) is 353 Å². The first-order chi connectivity index (χ1) is 69.8. The van der Waals surface area contributed by atoms with Gasteiger partial charge in [-0.05, 0) is 228 Å². The highest BCUT2D eigenvalue weighted by atomic mass is 35.5. The van der Waals surface area contributed by atoms with Crippen LogP contribution in [0.1, 0.15) is 50.1 Å². The first kappa shape index (κ1) is 90.7. The van der Waals surface area contributed by atoms with Crippen LogP contribution in [-0.4, -0.2) is 54.8 Å². The zero-order valence-corrected chi connectivity index (χ0v) is 79.4. The van der Waals surface area contributed by atoms with Crippen LogP contribution in [0.25, 0.3) is 200 Å². The van der Waals surface area contributed by atoms with Gasteiger partial charge in [-0.2, -0.15) is 26.3 Å². The molecule has 0 saturated heterocycles. The predicted octanol–water partition coefficient (Wildman–Crippen LogP) is 29.2. The summed E-state index contributed by atoms with van der Waals surface area (Å²) in [6.07, 6.45) is 20.0. The van der Waals surface area contributed by atoms with Gasteiger partial charge in [0.05, 0.1) is 154 Å². The fourth-order valence-corrected chi connectivity index (χ4v) is 19.9. The average molecular weight is 1970 g/mol. The van der Waals surface area contributed by atoms with Crippen molar-refractivity contribution in [1.29, 1.82) is 26.3 Å². The Bertz CT molecular complexity index is 8990. The van der Waals surface area contributed by atoms with Crippen molar-refractivity contribution in [2.24, 2.45) is 0 Å². The Morgan fingerprint density at radius 3 is 1.08 bits per heavy atom. The number of nitrogens with one attached hydrogen (secondary N) is 5. The summed E-state index contributed by atoms with van der Waals surface area (Å²) in [5.41, 5.74) is 38.2. The Labute approximate surface area is 842 Å². The minimum atomic E-state index is -0.116. The lowest BCUT2D eigenvalue weighted by atomic mass is 9.95. The molecule has 29 heteroatoms. The Hall–Kier alpha value is -18.8. The van der Waals surface area contributed by atoms with Crippen molar-refractivity contribution in [3.63, 3.8) is 0 Å². The number of anilines is 4. The van der Waals surface area contributed by atoms with Crippen molar-refractivity contribution in [2.45, 2.75) is 0 Å². The second-order valence-corrected chi connectivity index (χ2v) is 36.7. The molecule has 11 aromatic heterocycles. The van der Waals surface area contributed by atoms with E-state index in [1.165, 1.54) is 30.2 Å². The number of aromatic nitrogens is 11. The summed E-state index contributed by atoms with van der Waals surface area (Å²) in [6, 6.07) is 83.4. The van der Waals surface area contributed by atoms with E-state index in [0.29, 0.717) is 82.1 Å². The van der Waals surface area contributed by atoms with Gasteiger partial charge in [0.25, 0.3) is 0 Å². The van der Waals surface area contributed by atoms with Crippen molar-refractivity contribution in [3.8, 4) is 142 Å². The Morgan fingerprint density at radius 2 is 0.650 bits per heavy atom. The first-order valence-corrected chi connectivity index (χ1v) is 47.7. The number of allylic oxidation sites excluding steroid dienone is 4. The van der Waals surface area contributed by atoms with Crippen molar-refractivity contribution in [1.82, 2.24) is 54.8 Å². The Kier molecular flexibility index (Phi) is 24.7. The molecular weight excluding hydrogens is 1900 g/mol. The third kappa shape index (κ3) is 18.7. The van der Waals surface area contributed by atoms with Crippen molar-refractivity contribution >= 4 is 180 Å². The molecule has 0 atom stereocenters. The molecule has 0 fully saturated rings. The number of nitrogens with zero attached hydrogens (tertiary/aromatic N) is 15. The second kappa shape index (κ2) is 39.0. The lowest BCUT2D eigenvalue weighted by Crippen LogP contribution is -2.06. The molecule has 678 valence electrons. The van der Waals surface area contributed by atoms with Crippen molar-refractivity contribution < 1.29 is 8.83 Å². The maximum Gasteiger partial charge on any atom is 0.191 e. The number of pyridine rings is 6. The van der Waals surface area contributed by atoms with Crippen LogP contribution in [-0.2, 0) is 0 Å². The molecule has 0 saturated carbocycles. The molecule has 23 nitrogen and oxygen atoms in total. The van der Waals surface area contributed by atoms with E-state index in [2.05, 4.69) is 144 Å². The van der Waals surface area contributed by atoms with Gasteiger partial charge in [0.2, 0.25) is 0 Å². The third-order valence-electron chi connectivity index (χ3n) is 23.6. The Morgan fingerprint density at radius 1 is 0.308 bits per heavy atom. The molecule has 143 heavy (non-hydrogen) atoms. The number of benzene rings is 10. The molecular formula is C114H65Cl3N20O3S3. The highest BCUT2D eigenvalue weighted by molar-refractivity contribution is 7.17. The molecule has 0 spiro atoms. The number of rotatable bonds is 10. The number of oxazole rings is 2. The molecule has 0 radical (unpaired) electrons. The number of thiazole rings is 3. The van der Waals surface area contributed by atoms with Gasteiger partial charge in [0.1, 0.15) is 40.0 Å². The molecule has 4 aliphatic heterocycles. The van der Waals surface area contributed by atoms with Gasteiger partial charge >= 0.3 is 0 Å². The van der Waals surface area contributed by atoms with E-state index in [0.717, 1.165) is 205 Å². The predicted molar refractivity (Wildman–Crippen MR) is 574 cm³/mol. The van der Waals surface area contributed by atoms with E-state index in [1.807, 2.05) is 206 Å². The summed E-state index contributed by atoms with van der Waals surface area (Å²) >= 11 is 24.1. The summed E-state index contributed by atoms with van der Waals surface area (Å²) in [5, 5.41) is 61.6. The van der Waals surface area contributed by atoms with E-state index >= 15 is 0 Å². The largest absolute Gasteiger partial charge is 0.443 e. The molecule has 25 rings (SSSR count). The maximum atomic E-state index is 12.4. The zero-order valence-electron chi connectivity index (χ0n) is 74.6. The fraction of sp³-hybridized carbons (Fsp3) is 0. The fourth-order valence-electron chi connectivity index (χ4n) is 16.8. The molecule has 0 amide bonds. The molecule has 5 N–H and O–H groups in total. The Balaban J connectivity index is 0.000000106. The number of hydrogen-bond donors (Lipinski definition) is 5. The second-order valence-electron chi connectivity index (χ2n) is 32.9. The summed E-state index contributed by atoms with van der Waals surface area (Å²) in [7, 11) is 0. The summed E-state index contributed by atoms with van der Waals surface area (Å²) in [4.78, 5) is 61.1. The smallest absolute Gasteiger partial charge is 0.191 e. The minimum absolute atomic E-state index is 0.116. The van der Waals surface area contributed by atoms with E-state index in [4.69, 9.17) is 68.6 Å². The summed E-state index contributed by atoms with van der Waals surface area (Å²) < 4.78 is 14.1. The topological polar surface area (TPSA) is 355 Å². The van der Waals surface area contributed by atoms with Gasteiger partial charge in [-0.1, -0.05) is 134 Å². The third-order valence-corrected chi connectivity index (χ3v) is 26.8. The van der Waals surface area contributed by atoms with Gasteiger partial charge < -0.3 is 35.1 Å². The van der Waals surface area contributed by atoms with Crippen molar-refractivity contribution in [3.05, 3.63) is 415 Å². The lowest BCUT2D eigenvalue weighted by Gasteiger charge is -2.19. The lowest BCUT2D eigenvalue weighted by molar-refractivity contribution is 0.602. The maximum absolute atomic E-state index is 12.4. The molecule has 0 unspecified atom stereocenters. The van der Waals surface area contributed by atoms with E-state index < -0.39 is 0 Å². The molecule has 0 aliphatic carbocycles. The summed E-state index contributed by atoms with van der Waals surface area (Å²) in [5.74, 6) is 2.97. The normalized spacial score (nSPS) is 12.2. The first-order valence-electron chi connectivity index (χ1n) is 43.9. The number of hydrogen-bond acceptors (Lipinski definition) is 25. The minimum Gasteiger partial charge on any atom is -0.443 e. The molecule has 4 aliphatic rings. The monoisotopic (exact) mass is 1960 g/mol. The van der Waals surface area contributed by atoms with Crippen LogP contribution in [0.4, 0.5) is 23.3 Å². The number of fused-ring (bicyclic) bond motifs is 10. The van der Waals surface area contributed by atoms with Gasteiger partial charge in [0, 0.05) is 113 Å². The highest BCUT2D eigenvalue weighted by Crippen LogP contribution is 2.46. The zero-order chi connectivity index (χ0) is 98.0. The molecule has 0 bridgehead atoms. The molecule has 10 aromatic carbocycles. The van der Waals surface area contributed by atoms with Crippen LogP contribution in [0.3, 0.4) is 0 Å². The van der Waals surface area contributed by atoms with Crippen LogP contribution < -0.4 is 26.7 Å². The number of aromatic amines is 1. The highest BCUT2D eigenvalue weighted by Gasteiger charge is 2.26. The van der Waals surface area contributed by atoms with Gasteiger partial charge in [-0.15, -0.1) is 34.0 Å². The quantitative estimate of drug-likeness (QED) is 0.0849. The van der Waals surface area contributed by atoms with E-state index in [-0.39, 0.29) is 5.43 Å². The number of nitriles is 5. The van der Waals surface area contributed by atoms with Crippen LogP contribution >= 0.6 is 68.8 Å². The van der Waals surface area contributed by atoms with Crippen molar-refractivity contribution in [2.75, 3.05) is 21.3 Å². The van der Waals surface area contributed by atoms with Crippen LogP contribution in [0, 0.1) is 56.7 Å². The molecule has 15 heterocycles. The van der Waals surface area contributed by atoms with Gasteiger partial charge in [-0.25, -0.2) is 49.8 Å². The number of H-pyrrole nitrogens is 1. The van der Waals surface area contributed by atoms with E-state index in [1.54, 1.807) is 76.3 Å². The SMILES string of the molecule is C=C1C=Cc2cc(-c3cc(Cl)c4ncoc4c3)c(-c3cccc(C#N)c3)nc2N1.C=C1C=Cc2cc(-c3cc(Cl)c4ncsc4c3)c(-c3cccc(C#N)c3)nc2N1.C=C1C=Cc2cc(-c3ccc4ncoc4c3)c(-c3cccc(C#N)c3)nc2N1.C=C1C=Cc2cc(-c3ccc4ncsc4c3)c(-c3cccc(C#N)c3)nc2N1.N#Cc1cccc(-c2nc3[nH]ccc(=O)c3cc2-c2cc(Cl)c3ncsc3c2)c1.